The Bertz CT molecular complexity index is 755. The van der Waals surface area contributed by atoms with Crippen LogP contribution in [0.15, 0.2) is 48.7 Å². The van der Waals surface area contributed by atoms with Crippen molar-refractivity contribution in [3.8, 4) is 0 Å². The molecule has 0 N–H and O–H groups in total. The van der Waals surface area contributed by atoms with Crippen LogP contribution in [0, 0.1) is 6.92 Å². The van der Waals surface area contributed by atoms with Crippen LogP contribution in [0.4, 0.5) is 0 Å². The first kappa shape index (κ1) is 17.2. The molecular formula is C21H24N2O3. The molecule has 1 unspecified atom stereocenters. The molecule has 2 fully saturated rings. The zero-order chi connectivity index (χ0) is 18.0. The number of aromatic nitrogens is 1. The molecule has 0 aliphatic carbocycles. The van der Waals surface area contributed by atoms with Crippen molar-refractivity contribution < 1.29 is 14.3 Å². The van der Waals surface area contributed by atoms with E-state index in [2.05, 4.69) is 4.98 Å². The van der Waals surface area contributed by atoms with E-state index in [0.717, 1.165) is 29.7 Å². The topological polar surface area (TPSA) is 51.7 Å². The first-order valence-electron chi connectivity index (χ1n) is 9.15. The fourth-order valence-electron chi connectivity index (χ4n) is 3.70. The number of nitrogens with zero attached hydrogens (tertiary/aromatic N) is 2. The second-order valence-corrected chi connectivity index (χ2v) is 7.31. The second kappa shape index (κ2) is 7.17. The molecule has 0 radical (unpaired) electrons. The minimum absolute atomic E-state index is 0.0794. The minimum atomic E-state index is -0.243. The molecule has 0 bridgehead atoms. The predicted molar refractivity (Wildman–Crippen MR) is 97.8 cm³/mol. The Morgan fingerprint density at radius 1 is 1.27 bits per heavy atom. The standard InChI is InChI=1S/C21H24N2O3/c1-16-5-7-17(8-6-16)20(24)23-14-21(15-23)12-19(9-11-26-21)25-13-18-4-2-3-10-22-18/h2-8,10,19H,9,11-15H2,1H3. The summed E-state index contributed by atoms with van der Waals surface area (Å²) in [5.74, 6) is 0.0794. The molecule has 2 saturated heterocycles. The summed E-state index contributed by atoms with van der Waals surface area (Å²) < 4.78 is 12.1. The van der Waals surface area contributed by atoms with Crippen LogP contribution in [0.3, 0.4) is 0 Å². The number of ether oxygens (including phenoxy) is 2. The van der Waals surface area contributed by atoms with Gasteiger partial charge in [-0.05, 0) is 37.6 Å². The third kappa shape index (κ3) is 3.64. The van der Waals surface area contributed by atoms with Crippen LogP contribution < -0.4 is 0 Å². The smallest absolute Gasteiger partial charge is 0.254 e. The lowest BCUT2D eigenvalue weighted by Gasteiger charge is -2.53. The zero-order valence-corrected chi connectivity index (χ0v) is 15.1. The quantitative estimate of drug-likeness (QED) is 0.849. The third-order valence-corrected chi connectivity index (χ3v) is 5.18. The Morgan fingerprint density at radius 2 is 2.08 bits per heavy atom. The van der Waals surface area contributed by atoms with E-state index in [9.17, 15) is 4.79 Å². The molecule has 136 valence electrons. The van der Waals surface area contributed by atoms with Gasteiger partial charge in [0.1, 0.15) is 5.60 Å². The fraction of sp³-hybridized carbons (Fsp3) is 0.429. The average molecular weight is 352 g/mol. The summed E-state index contributed by atoms with van der Waals surface area (Å²) in [6.45, 7) is 4.51. The van der Waals surface area contributed by atoms with Gasteiger partial charge in [-0.3, -0.25) is 9.78 Å². The third-order valence-electron chi connectivity index (χ3n) is 5.18. The van der Waals surface area contributed by atoms with Crippen LogP contribution in [0.5, 0.6) is 0 Å². The van der Waals surface area contributed by atoms with E-state index in [1.165, 1.54) is 0 Å². The lowest BCUT2D eigenvalue weighted by molar-refractivity contribution is -0.188. The van der Waals surface area contributed by atoms with E-state index in [0.29, 0.717) is 26.3 Å². The van der Waals surface area contributed by atoms with Gasteiger partial charge < -0.3 is 14.4 Å². The van der Waals surface area contributed by atoms with E-state index in [1.807, 2.05) is 54.3 Å². The van der Waals surface area contributed by atoms with Crippen LogP contribution in [-0.2, 0) is 16.1 Å². The number of benzene rings is 1. The average Bonchev–Trinajstić information content (AvgIpc) is 2.65. The number of hydrogen-bond donors (Lipinski definition) is 0. The molecule has 5 nitrogen and oxygen atoms in total. The molecule has 1 atom stereocenters. The molecule has 2 aliphatic heterocycles. The van der Waals surface area contributed by atoms with Crippen molar-refractivity contribution in [1.82, 2.24) is 9.88 Å². The molecule has 1 amide bonds. The van der Waals surface area contributed by atoms with Gasteiger partial charge in [0.05, 0.1) is 31.5 Å². The van der Waals surface area contributed by atoms with E-state index < -0.39 is 0 Å². The predicted octanol–water partition coefficient (Wildman–Crippen LogP) is 2.98. The lowest BCUT2D eigenvalue weighted by Crippen LogP contribution is -2.67. The Balaban J connectivity index is 1.31. The van der Waals surface area contributed by atoms with Crippen molar-refractivity contribution in [1.29, 1.82) is 0 Å². The number of carbonyl (C=O) groups is 1. The lowest BCUT2D eigenvalue weighted by atomic mass is 9.84. The van der Waals surface area contributed by atoms with Crippen molar-refractivity contribution in [2.24, 2.45) is 0 Å². The Kier molecular flexibility index (Phi) is 4.74. The maximum absolute atomic E-state index is 12.6. The van der Waals surface area contributed by atoms with Gasteiger partial charge in [0, 0.05) is 24.8 Å². The molecule has 2 aromatic rings. The van der Waals surface area contributed by atoms with Crippen LogP contribution >= 0.6 is 0 Å². The fourth-order valence-corrected chi connectivity index (χ4v) is 3.70. The van der Waals surface area contributed by atoms with Gasteiger partial charge in [0.15, 0.2) is 0 Å². The monoisotopic (exact) mass is 352 g/mol. The van der Waals surface area contributed by atoms with E-state index in [-0.39, 0.29) is 17.6 Å². The molecule has 0 saturated carbocycles. The Labute approximate surface area is 153 Å². The molecule has 3 heterocycles. The highest BCUT2D eigenvalue weighted by Gasteiger charge is 2.49. The summed E-state index contributed by atoms with van der Waals surface area (Å²) in [5, 5.41) is 0. The highest BCUT2D eigenvalue weighted by molar-refractivity contribution is 5.95. The highest BCUT2D eigenvalue weighted by Crippen LogP contribution is 2.36. The summed E-state index contributed by atoms with van der Waals surface area (Å²) in [7, 11) is 0. The van der Waals surface area contributed by atoms with Crippen molar-refractivity contribution in [2.75, 3.05) is 19.7 Å². The molecule has 2 aliphatic rings. The molecule has 1 aromatic carbocycles. The number of aryl methyl sites for hydroxylation is 1. The first-order valence-corrected chi connectivity index (χ1v) is 9.15. The summed E-state index contributed by atoms with van der Waals surface area (Å²) in [6, 6.07) is 13.6. The van der Waals surface area contributed by atoms with E-state index >= 15 is 0 Å². The van der Waals surface area contributed by atoms with Crippen LogP contribution in [0.1, 0.15) is 34.5 Å². The van der Waals surface area contributed by atoms with E-state index in [1.54, 1.807) is 6.20 Å². The molecule has 5 heteroatoms. The van der Waals surface area contributed by atoms with E-state index in [4.69, 9.17) is 9.47 Å². The molecule has 1 aromatic heterocycles. The van der Waals surface area contributed by atoms with Crippen molar-refractivity contribution in [3.05, 3.63) is 65.5 Å². The molecule has 26 heavy (non-hydrogen) atoms. The number of amides is 1. The number of pyridine rings is 1. The van der Waals surface area contributed by atoms with Gasteiger partial charge in [-0.15, -0.1) is 0 Å². The van der Waals surface area contributed by atoms with Gasteiger partial charge in [-0.2, -0.15) is 0 Å². The zero-order valence-electron chi connectivity index (χ0n) is 15.1. The Morgan fingerprint density at radius 3 is 2.81 bits per heavy atom. The van der Waals surface area contributed by atoms with Gasteiger partial charge in [-0.25, -0.2) is 0 Å². The van der Waals surface area contributed by atoms with Crippen LogP contribution in [0.2, 0.25) is 0 Å². The van der Waals surface area contributed by atoms with Crippen molar-refractivity contribution in [3.63, 3.8) is 0 Å². The summed E-state index contributed by atoms with van der Waals surface area (Å²) in [4.78, 5) is 18.8. The number of likely N-dealkylation sites (tertiary alicyclic amines) is 1. The molecule has 1 spiro atoms. The van der Waals surface area contributed by atoms with Gasteiger partial charge >= 0.3 is 0 Å². The highest BCUT2D eigenvalue weighted by atomic mass is 16.5. The molecular weight excluding hydrogens is 328 g/mol. The summed E-state index contributed by atoms with van der Waals surface area (Å²) in [6.07, 6.45) is 3.66. The number of carbonyl (C=O) groups excluding carboxylic acids is 1. The second-order valence-electron chi connectivity index (χ2n) is 7.31. The van der Waals surface area contributed by atoms with Crippen molar-refractivity contribution in [2.45, 2.75) is 38.1 Å². The Hall–Kier alpha value is -2.24. The maximum Gasteiger partial charge on any atom is 0.254 e. The minimum Gasteiger partial charge on any atom is -0.372 e. The largest absolute Gasteiger partial charge is 0.372 e. The van der Waals surface area contributed by atoms with Gasteiger partial charge in [0.25, 0.3) is 5.91 Å². The van der Waals surface area contributed by atoms with Crippen LogP contribution in [0.25, 0.3) is 0 Å². The summed E-state index contributed by atoms with van der Waals surface area (Å²) >= 11 is 0. The number of hydrogen-bond acceptors (Lipinski definition) is 4. The summed E-state index contributed by atoms with van der Waals surface area (Å²) in [5.41, 5.74) is 2.60. The van der Waals surface area contributed by atoms with Gasteiger partial charge in [-0.1, -0.05) is 23.8 Å². The van der Waals surface area contributed by atoms with Crippen LogP contribution in [-0.4, -0.2) is 47.2 Å². The SMILES string of the molecule is Cc1ccc(C(=O)N2CC3(CC(OCc4ccccn4)CCO3)C2)cc1. The van der Waals surface area contributed by atoms with Gasteiger partial charge in [0.2, 0.25) is 0 Å². The number of rotatable bonds is 4. The normalized spacial score (nSPS) is 21.4. The first-order chi connectivity index (χ1) is 12.6. The molecule has 4 rings (SSSR count). The maximum atomic E-state index is 12.6. The van der Waals surface area contributed by atoms with Crippen molar-refractivity contribution >= 4 is 5.91 Å².